The standard InChI is InChI=1S/C16H18N4O2S/c1-19-8-12(7-18-19)15(21)20-10-16(11-20)6-13(9-23-16)22-14-4-2-3-5-17-14/h2-5,7-8,13H,6,9-11H2,1H3/t13-/m1/s1. The van der Waals surface area contributed by atoms with Crippen molar-refractivity contribution in [3.05, 3.63) is 42.4 Å². The molecule has 7 heteroatoms. The van der Waals surface area contributed by atoms with Crippen molar-refractivity contribution >= 4 is 17.7 Å². The summed E-state index contributed by atoms with van der Waals surface area (Å²) in [7, 11) is 1.82. The molecule has 0 N–H and O–H groups in total. The SMILES string of the molecule is Cn1cc(C(=O)N2CC3(C[C@@H](Oc4ccccn4)CS3)C2)cn1. The number of hydrogen-bond acceptors (Lipinski definition) is 5. The minimum absolute atomic E-state index is 0.0680. The Hall–Kier alpha value is -2.02. The van der Waals surface area contributed by atoms with Gasteiger partial charge in [0, 0.05) is 50.8 Å². The maximum absolute atomic E-state index is 12.4. The van der Waals surface area contributed by atoms with Gasteiger partial charge in [0.2, 0.25) is 5.88 Å². The van der Waals surface area contributed by atoms with Gasteiger partial charge in [-0.25, -0.2) is 4.98 Å². The molecule has 0 aromatic carbocycles. The van der Waals surface area contributed by atoms with E-state index in [1.165, 1.54) is 0 Å². The first-order valence-corrected chi connectivity index (χ1v) is 8.62. The normalized spacial score (nSPS) is 22.1. The minimum Gasteiger partial charge on any atom is -0.473 e. The number of thioether (sulfide) groups is 1. The van der Waals surface area contributed by atoms with Crippen LogP contribution in [0.15, 0.2) is 36.8 Å². The molecule has 4 rings (SSSR count). The highest BCUT2D eigenvalue weighted by Crippen LogP contribution is 2.46. The molecule has 2 aliphatic heterocycles. The lowest BCUT2D eigenvalue weighted by Gasteiger charge is -2.47. The van der Waals surface area contributed by atoms with Gasteiger partial charge >= 0.3 is 0 Å². The van der Waals surface area contributed by atoms with Crippen LogP contribution in [0, 0.1) is 0 Å². The number of pyridine rings is 1. The van der Waals surface area contributed by atoms with Crippen LogP contribution in [0.2, 0.25) is 0 Å². The van der Waals surface area contributed by atoms with Gasteiger partial charge in [0.05, 0.1) is 16.5 Å². The number of ether oxygens (including phenoxy) is 1. The summed E-state index contributed by atoms with van der Waals surface area (Å²) in [6.45, 7) is 1.57. The van der Waals surface area contributed by atoms with Gasteiger partial charge in [-0.15, -0.1) is 11.8 Å². The molecule has 0 bridgehead atoms. The molecule has 2 aliphatic rings. The van der Waals surface area contributed by atoms with Crippen molar-refractivity contribution in [2.75, 3.05) is 18.8 Å². The minimum atomic E-state index is 0.0680. The summed E-state index contributed by atoms with van der Waals surface area (Å²) in [5.41, 5.74) is 0.659. The highest BCUT2D eigenvalue weighted by molar-refractivity contribution is 8.01. The van der Waals surface area contributed by atoms with Gasteiger partial charge in [-0.3, -0.25) is 9.48 Å². The molecule has 0 radical (unpaired) electrons. The van der Waals surface area contributed by atoms with Crippen LogP contribution in [0.25, 0.3) is 0 Å². The molecular weight excluding hydrogens is 312 g/mol. The Morgan fingerprint density at radius 2 is 2.30 bits per heavy atom. The fourth-order valence-corrected chi connectivity index (χ4v) is 4.72. The number of likely N-dealkylation sites (tertiary alicyclic amines) is 1. The topological polar surface area (TPSA) is 60.2 Å². The molecule has 1 amide bonds. The maximum Gasteiger partial charge on any atom is 0.257 e. The van der Waals surface area contributed by atoms with Crippen molar-refractivity contribution in [3.63, 3.8) is 0 Å². The monoisotopic (exact) mass is 330 g/mol. The van der Waals surface area contributed by atoms with Crippen molar-refractivity contribution in [2.45, 2.75) is 17.3 Å². The third-order valence-corrected chi connectivity index (χ3v) is 5.87. The van der Waals surface area contributed by atoms with Crippen LogP contribution in [-0.4, -0.2) is 55.3 Å². The van der Waals surface area contributed by atoms with E-state index in [9.17, 15) is 4.79 Å². The van der Waals surface area contributed by atoms with E-state index in [0.717, 1.165) is 25.3 Å². The van der Waals surface area contributed by atoms with Crippen LogP contribution in [0.5, 0.6) is 5.88 Å². The number of aromatic nitrogens is 3. The van der Waals surface area contributed by atoms with E-state index >= 15 is 0 Å². The number of hydrogen-bond donors (Lipinski definition) is 0. The zero-order valence-electron chi connectivity index (χ0n) is 12.9. The van der Waals surface area contributed by atoms with E-state index in [1.807, 2.05) is 41.9 Å². The molecular formula is C16H18N4O2S. The maximum atomic E-state index is 12.4. The smallest absolute Gasteiger partial charge is 0.257 e. The molecule has 2 saturated heterocycles. The molecule has 4 heterocycles. The van der Waals surface area contributed by atoms with Crippen molar-refractivity contribution in [3.8, 4) is 5.88 Å². The van der Waals surface area contributed by atoms with Crippen LogP contribution >= 0.6 is 11.8 Å². The summed E-state index contributed by atoms with van der Waals surface area (Å²) in [6, 6.07) is 5.69. The van der Waals surface area contributed by atoms with Crippen LogP contribution < -0.4 is 4.74 Å². The van der Waals surface area contributed by atoms with Gasteiger partial charge in [-0.1, -0.05) is 6.07 Å². The second-order valence-corrected chi connectivity index (χ2v) is 7.66. The van der Waals surface area contributed by atoms with E-state index in [1.54, 1.807) is 23.3 Å². The number of carbonyl (C=O) groups excluding carboxylic acids is 1. The lowest BCUT2D eigenvalue weighted by Crippen LogP contribution is -2.60. The molecule has 2 fully saturated rings. The van der Waals surface area contributed by atoms with E-state index < -0.39 is 0 Å². The van der Waals surface area contributed by atoms with Crippen LogP contribution in [0.3, 0.4) is 0 Å². The van der Waals surface area contributed by atoms with Crippen molar-refractivity contribution in [1.82, 2.24) is 19.7 Å². The third-order valence-electron chi connectivity index (χ3n) is 4.30. The number of carbonyl (C=O) groups is 1. The predicted molar refractivity (Wildman–Crippen MR) is 87.6 cm³/mol. The first kappa shape index (κ1) is 14.6. The van der Waals surface area contributed by atoms with E-state index in [2.05, 4.69) is 10.1 Å². The van der Waals surface area contributed by atoms with Gasteiger partial charge in [0.15, 0.2) is 0 Å². The van der Waals surface area contributed by atoms with Gasteiger partial charge in [-0.05, 0) is 6.07 Å². The number of rotatable bonds is 3. The van der Waals surface area contributed by atoms with Crippen molar-refractivity contribution in [1.29, 1.82) is 0 Å². The summed E-state index contributed by atoms with van der Waals surface area (Å²) < 4.78 is 7.75. The second-order valence-electron chi connectivity index (χ2n) is 6.17. The highest BCUT2D eigenvalue weighted by atomic mass is 32.2. The summed E-state index contributed by atoms with van der Waals surface area (Å²) >= 11 is 1.91. The summed E-state index contributed by atoms with van der Waals surface area (Å²) in [4.78, 5) is 18.5. The van der Waals surface area contributed by atoms with Crippen LogP contribution in [-0.2, 0) is 7.05 Å². The van der Waals surface area contributed by atoms with Gasteiger partial charge in [0.1, 0.15) is 6.10 Å². The predicted octanol–water partition coefficient (Wildman–Crippen LogP) is 1.59. The van der Waals surface area contributed by atoms with Crippen molar-refractivity contribution in [2.24, 2.45) is 7.05 Å². The molecule has 23 heavy (non-hydrogen) atoms. The molecule has 0 unspecified atom stereocenters. The molecule has 0 aliphatic carbocycles. The molecule has 1 spiro atoms. The number of nitrogens with zero attached hydrogens (tertiary/aromatic N) is 4. The van der Waals surface area contributed by atoms with Gasteiger partial charge in [-0.2, -0.15) is 5.10 Å². The fraction of sp³-hybridized carbons (Fsp3) is 0.438. The quantitative estimate of drug-likeness (QED) is 0.855. The molecule has 120 valence electrons. The van der Waals surface area contributed by atoms with Gasteiger partial charge in [0.25, 0.3) is 5.91 Å². The van der Waals surface area contributed by atoms with E-state index in [4.69, 9.17) is 4.74 Å². The fourth-order valence-electron chi connectivity index (χ4n) is 3.19. The van der Waals surface area contributed by atoms with Gasteiger partial charge < -0.3 is 9.64 Å². The zero-order valence-corrected chi connectivity index (χ0v) is 13.7. The lowest BCUT2D eigenvalue weighted by atomic mass is 9.92. The Morgan fingerprint density at radius 3 is 3.00 bits per heavy atom. The third kappa shape index (κ3) is 2.81. The Labute approximate surface area is 138 Å². The molecule has 1 atom stereocenters. The first-order valence-electron chi connectivity index (χ1n) is 7.63. The number of amides is 1. The molecule has 2 aromatic rings. The summed E-state index contributed by atoms with van der Waals surface area (Å²) in [5.74, 6) is 1.70. The largest absolute Gasteiger partial charge is 0.473 e. The summed E-state index contributed by atoms with van der Waals surface area (Å²) in [6.07, 6.45) is 6.27. The first-order chi connectivity index (χ1) is 11.1. The Morgan fingerprint density at radius 1 is 1.43 bits per heavy atom. The Balaban J connectivity index is 1.33. The Bertz CT molecular complexity index is 712. The lowest BCUT2D eigenvalue weighted by molar-refractivity contribution is 0.0516. The Kier molecular flexibility index (Phi) is 3.52. The van der Waals surface area contributed by atoms with E-state index in [-0.39, 0.29) is 16.8 Å². The zero-order chi connectivity index (χ0) is 15.9. The van der Waals surface area contributed by atoms with Crippen molar-refractivity contribution < 1.29 is 9.53 Å². The second kappa shape index (κ2) is 5.56. The van der Waals surface area contributed by atoms with Crippen LogP contribution in [0.1, 0.15) is 16.8 Å². The summed E-state index contributed by atoms with van der Waals surface area (Å²) in [5, 5.41) is 4.06. The average Bonchev–Trinajstić information content (AvgIpc) is 3.13. The number of aryl methyl sites for hydroxylation is 1. The molecule has 0 saturated carbocycles. The average molecular weight is 330 g/mol. The van der Waals surface area contributed by atoms with E-state index in [0.29, 0.717) is 11.4 Å². The molecule has 2 aromatic heterocycles. The highest BCUT2D eigenvalue weighted by Gasteiger charge is 2.51. The van der Waals surface area contributed by atoms with Crippen LogP contribution in [0.4, 0.5) is 0 Å². The molecule has 6 nitrogen and oxygen atoms in total.